The minimum absolute atomic E-state index is 0.0107. The molecule has 3 aromatic carbocycles. The van der Waals surface area contributed by atoms with Gasteiger partial charge in [0.05, 0.1) is 30.5 Å². The molecule has 0 saturated carbocycles. The molecule has 266 valence electrons. The molecule has 1 aliphatic heterocycles. The Hall–Kier alpha value is -4.69. The van der Waals surface area contributed by atoms with Gasteiger partial charge in [-0.2, -0.15) is 0 Å². The lowest BCUT2D eigenvalue weighted by Crippen LogP contribution is -2.45. The van der Waals surface area contributed by atoms with Gasteiger partial charge in [0.15, 0.2) is 0 Å². The van der Waals surface area contributed by atoms with Crippen LogP contribution in [0.3, 0.4) is 0 Å². The summed E-state index contributed by atoms with van der Waals surface area (Å²) in [7, 11) is 0. The Balaban J connectivity index is 1.46. The Morgan fingerprint density at radius 2 is 1.56 bits per heavy atom. The van der Waals surface area contributed by atoms with Crippen molar-refractivity contribution >= 4 is 17.8 Å². The predicted molar refractivity (Wildman–Crippen MR) is 196 cm³/mol. The Morgan fingerprint density at radius 1 is 0.880 bits per heavy atom. The van der Waals surface area contributed by atoms with Crippen LogP contribution in [0.15, 0.2) is 110 Å². The minimum Gasteiger partial charge on any atom is -0.489 e. The van der Waals surface area contributed by atoms with Gasteiger partial charge in [0.1, 0.15) is 19.0 Å². The number of allylic oxidation sites excluding steroid dienone is 2. The maximum absolute atomic E-state index is 13.8. The number of hydrogen-bond donors (Lipinski definition) is 2. The standard InChI is InChI=1S/C42H52N2O6/c1-3-5-8-19-36(26-32-15-9-6-10-16-32)42(48)50-31-37(27-33-21-23-39(24-22-33)49-30-34-17-11-7-12-18-34)43-41(47)35(14-4-2)28-40(46)44-25-13-20-38(44)29-45/h3-4,6-7,9-12,15-18,21-24,35-38,45H,1-2,5,8,13-14,19-20,25-31H2,(H,43,47). The maximum Gasteiger partial charge on any atom is 0.309 e. The zero-order chi connectivity index (χ0) is 35.6. The van der Waals surface area contributed by atoms with Crippen LogP contribution in [0, 0.1) is 11.8 Å². The fraction of sp³-hybridized carbons (Fsp3) is 0.405. The highest BCUT2D eigenvalue weighted by molar-refractivity contribution is 5.86. The number of rotatable bonds is 21. The number of likely N-dealkylation sites (tertiary alicyclic amines) is 1. The summed E-state index contributed by atoms with van der Waals surface area (Å²) in [5, 5.41) is 12.8. The molecule has 1 aliphatic rings. The summed E-state index contributed by atoms with van der Waals surface area (Å²) >= 11 is 0. The van der Waals surface area contributed by atoms with E-state index < -0.39 is 12.0 Å². The van der Waals surface area contributed by atoms with E-state index in [0.29, 0.717) is 38.8 Å². The van der Waals surface area contributed by atoms with Crippen molar-refractivity contribution < 1.29 is 29.0 Å². The number of carbonyl (C=O) groups is 3. The van der Waals surface area contributed by atoms with E-state index in [1.807, 2.05) is 91.0 Å². The number of nitrogens with one attached hydrogen (secondary N) is 1. The van der Waals surface area contributed by atoms with Gasteiger partial charge in [-0.25, -0.2) is 0 Å². The summed E-state index contributed by atoms with van der Waals surface area (Å²) in [6.07, 6.45) is 8.67. The van der Waals surface area contributed by atoms with Crippen LogP contribution in [-0.2, 0) is 38.6 Å². The Morgan fingerprint density at radius 3 is 2.22 bits per heavy atom. The third-order valence-electron chi connectivity index (χ3n) is 9.20. The number of esters is 1. The molecule has 8 nitrogen and oxygen atoms in total. The number of unbranched alkanes of at least 4 members (excludes halogenated alkanes) is 1. The lowest BCUT2D eigenvalue weighted by atomic mass is 9.94. The van der Waals surface area contributed by atoms with Crippen molar-refractivity contribution in [2.75, 3.05) is 19.8 Å². The normalized spacial score (nSPS) is 15.8. The zero-order valence-corrected chi connectivity index (χ0v) is 29.1. The van der Waals surface area contributed by atoms with Crippen LogP contribution in [0.2, 0.25) is 0 Å². The predicted octanol–water partition coefficient (Wildman–Crippen LogP) is 6.62. The van der Waals surface area contributed by atoms with Crippen molar-refractivity contribution in [1.82, 2.24) is 10.2 Å². The number of ether oxygens (including phenoxy) is 2. The molecule has 0 aliphatic carbocycles. The monoisotopic (exact) mass is 680 g/mol. The van der Waals surface area contributed by atoms with Crippen molar-refractivity contribution in [1.29, 1.82) is 0 Å². The number of amides is 2. The number of nitrogens with zero attached hydrogens (tertiary/aromatic N) is 1. The highest BCUT2D eigenvalue weighted by Crippen LogP contribution is 2.22. The topological polar surface area (TPSA) is 105 Å². The average molecular weight is 681 g/mol. The SMILES string of the molecule is C=CCCCC(Cc1ccccc1)C(=O)OCC(Cc1ccc(OCc2ccccc2)cc1)NC(=O)C(CC=C)CC(=O)N1CCCC1CO. The number of hydrogen-bond acceptors (Lipinski definition) is 6. The number of benzene rings is 3. The van der Waals surface area contributed by atoms with E-state index in [-0.39, 0.29) is 49.4 Å². The van der Waals surface area contributed by atoms with Crippen LogP contribution in [0.25, 0.3) is 0 Å². The van der Waals surface area contributed by atoms with Crippen molar-refractivity contribution in [3.05, 3.63) is 127 Å². The van der Waals surface area contributed by atoms with E-state index in [4.69, 9.17) is 9.47 Å². The largest absolute Gasteiger partial charge is 0.489 e. The average Bonchev–Trinajstić information content (AvgIpc) is 3.63. The van der Waals surface area contributed by atoms with Gasteiger partial charge < -0.3 is 24.8 Å². The molecule has 0 radical (unpaired) electrons. The molecule has 0 spiro atoms. The van der Waals surface area contributed by atoms with E-state index in [1.165, 1.54) is 0 Å². The fourth-order valence-corrected chi connectivity index (χ4v) is 6.40. The molecule has 0 bridgehead atoms. The number of carbonyl (C=O) groups excluding carboxylic acids is 3. The first-order valence-electron chi connectivity index (χ1n) is 17.8. The first-order valence-corrected chi connectivity index (χ1v) is 17.8. The lowest BCUT2D eigenvalue weighted by Gasteiger charge is -2.27. The molecular formula is C42H52N2O6. The Kier molecular flexibility index (Phi) is 15.8. The van der Waals surface area contributed by atoms with Gasteiger partial charge in [-0.15, -0.1) is 13.2 Å². The first-order chi connectivity index (χ1) is 24.4. The van der Waals surface area contributed by atoms with E-state index in [1.54, 1.807) is 11.0 Å². The summed E-state index contributed by atoms with van der Waals surface area (Å²) < 4.78 is 11.9. The molecule has 50 heavy (non-hydrogen) atoms. The third kappa shape index (κ3) is 12.3. The smallest absolute Gasteiger partial charge is 0.309 e. The Labute approximate surface area is 297 Å². The van der Waals surface area contributed by atoms with Gasteiger partial charge in [-0.05, 0) is 80.2 Å². The van der Waals surface area contributed by atoms with Gasteiger partial charge in [-0.3, -0.25) is 14.4 Å². The molecule has 0 aromatic heterocycles. The summed E-state index contributed by atoms with van der Waals surface area (Å²) in [6.45, 7) is 8.55. The summed E-state index contributed by atoms with van der Waals surface area (Å²) in [4.78, 5) is 42.2. The molecule has 1 saturated heterocycles. The lowest BCUT2D eigenvalue weighted by molar-refractivity contribution is -0.150. The first kappa shape index (κ1) is 38.1. The molecule has 4 rings (SSSR count). The van der Waals surface area contributed by atoms with Gasteiger partial charge >= 0.3 is 5.97 Å². The van der Waals surface area contributed by atoms with Crippen LogP contribution in [0.5, 0.6) is 5.75 Å². The van der Waals surface area contributed by atoms with Crippen LogP contribution >= 0.6 is 0 Å². The molecule has 8 heteroatoms. The molecule has 3 aromatic rings. The fourth-order valence-electron chi connectivity index (χ4n) is 6.40. The second kappa shape index (κ2) is 20.7. The van der Waals surface area contributed by atoms with Gasteiger partial charge in [0, 0.05) is 13.0 Å². The summed E-state index contributed by atoms with van der Waals surface area (Å²) in [5.41, 5.74) is 3.07. The second-order valence-corrected chi connectivity index (χ2v) is 13.1. The molecule has 1 heterocycles. The highest BCUT2D eigenvalue weighted by atomic mass is 16.5. The van der Waals surface area contributed by atoms with Crippen molar-refractivity contribution in [3.63, 3.8) is 0 Å². The molecular weight excluding hydrogens is 628 g/mol. The number of aliphatic hydroxyl groups excluding tert-OH is 1. The third-order valence-corrected chi connectivity index (χ3v) is 9.20. The van der Waals surface area contributed by atoms with E-state index in [0.717, 1.165) is 48.1 Å². The molecule has 2 amide bonds. The van der Waals surface area contributed by atoms with Gasteiger partial charge in [0.2, 0.25) is 11.8 Å². The maximum atomic E-state index is 13.8. The van der Waals surface area contributed by atoms with Crippen LogP contribution in [0.1, 0.15) is 61.6 Å². The summed E-state index contributed by atoms with van der Waals surface area (Å²) in [5.74, 6) is -1.00. The van der Waals surface area contributed by atoms with Crippen molar-refractivity contribution in [2.24, 2.45) is 11.8 Å². The van der Waals surface area contributed by atoms with Gasteiger partial charge in [0.25, 0.3) is 0 Å². The van der Waals surface area contributed by atoms with Crippen molar-refractivity contribution in [3.8, 4) is 5.75 Å². The zero-order valence-electron chi connectivity index (χ0n) is 29.1. The van der Waals surface area contributed by atoms with Gasteiger partial charge in [-0.1, -0.05) is 84.9 Å². The summed E-state index contributed by atoms with van der Waals surface area (Å²) in [6, 6.07) is 26.8. The van der Waals surface area contributed by atoms with Crippen LogP contribution < -0.4 is 10.1 Å². The second-order valence-electron chi connectivity index (χ2n) is 13.1. The quantitative estimate of drug-likeness (QED) is 0.0745. The molecule has 4 atom stereocenters. The van der Waals surface area contributed by atoms with E-state index in [2.05, 4.69) is 18.5 Å². The van der Waals surface area contributed by atoms with Crippen LogP contribution in [-0.4, -0.2) is 59.6 Å². The van der Waals surface area contributed by atoms with Crippen molar-refractivity contribution in [2.45, 2.75) is 76.5 Å². The van der Waals surface area contributed by atoms with E-state index in [9.17, 15) is 19.5 Å². The number of aliphatic hydroxyl groups is 1. The Bertz CT molecular complexity index is 1490. The molecule has 2 N–H and O–H groups in total. The highest BCUT2D eigenvalue weighted by Gasteiger charge is 2.32. The molecule has 4 unspecified atom stereocenters. The molecule has 1 fully saturated rings. The minimum atomic E-state index is -0.642. The van der Waals surface area contributed by atoms with Crippen LogP contribution in [0.4, 0.5) is 0 Å². The van der Waals surface area contributed by atoms with E-state index >= 15 is 0 Å².